The topological polar surface area (TPSA) is 105 Å². The van der Waals surface area contributed by atoms with Crippen LogP contribution in [0.25, 0.3) is 10.7 Å². The quantitative estimate of drug-likeness (QED) is 0.868. The van der Waals surface area contributed by atoms with Gasteiger partial charge in [-0.05, 0) is 12.8 Å². The van der Waals surface area contributed by atoms with Crippen molar-refractivity contribution < 1.29 is 14.7 Å². The minimum Gasteiger partial charge on any atom is -0.481 e. The number of hydrogen-bond acceptors (Lipinski definition) is 6. The van der Waals surface area contributed by atoms with Crippen molar-refractivity contribution in [3.8, 4) is 10.7 Å². The van der Waals surface area contributed by atoms with Crippen LogP contribution in [0.2, 0.25) is 0 Å². The van der Waals surface area contributed by atoms with Crippen LogP contribution < -0.4 is 5.32 Å². The average molecular weight is 360 g/mol. The van der Waals surface area contributed by atoms with Gasteiger partial charge >= 0.3 is 5.97 Å². The summed E-state index contributed by atoms with van der Waals surface area (Å²) in [4.78, 5) is 36.6. The van der Waals surface area contributed by atoms with E-state index in [0.29, 0.717) is 23.5 Å². The molecule has 1 saturated carbocycles. The van der Waals surface area contributed by atoms with Gasteiger partial charge in [-0.15, -0.1) is 11.3 Å². The molecule has 8 heteroatoms. The van der Waals surface area contributed by atoms with Crippen LogP contribution in [0.3, 0.4) is 0 Å². The molecule has 2 unspecified atom stereocenters. The van der Waals surface area contributed by atoms with Gasteiger partial charge in [0.15, 0.2) is 0 Å². The zero-order valence-corrected chi connectivity index (χ0v) is 14.5. The van der Waals surface area contributed by atoms with Crippen molar-refractivity contribution in [2.75, 3.05) is 0 Å². The van der Waals surface area contributed by atoms with Crippen LogP contribution in [0.5, 0.6) is 0 Å². The smallest absolute Gasteiger partial charge is 0.308 e. The number of carbonyl (C=O) groups excluding carboxylic acids is 1. The first kappa shape index (κ1) is 17.5. The molecule has 0 aromatic carbocycles. The number of nitrogens with zero attached hydrogens (tertiary/aromatic N) is 3. The molecule has 0 spiro atoms. The number of amides is 1. The van der Waals surface area contributed by atoms with Crippen molar-refractivity contribution in [2.24, 2.45) is 5.92 Å². The van der Waals surface area contributed by atoms with Crippen molar-refractivity contribution >= 4 is 23.2 Å². The summed E-state index contributed by atoms with van der Waals surface area (Å²) in [5, 5.41) is 14.7. The monoisotopic (exact) mass is 360 g/mol. The molecule has 0 aliphatic heterocycles. The summed E-state index contributed by atoms with van der Waals surface area (Å²) in [6.07, 6.45) is 9.97. The summed E-state index contributed by atoms with van der Waals surface area (Å²) in [7, 11) is 0. The van der Waals surface area contributed by atoms with Crippen molar-refractivity contribution in [1.82, 2.24) is 20.3 Å². The third kappa shape index (κ3) is 4.39. The van der Waals surface area contributed by atoms with Crippen molar-refractivity contribution in [1.29, 1.82) is 0 Å². The fraction of sp³-hybridized carbons (Fsp3) is 0.471. The van der Waals surface area contributed by atoms with E-state index in [1.54, 1.807) is 24.0 Å². The van der Waals surface area contributed by atoms with Crippen LogP contribution in [0, 0.1) is 5.92 Å². The molecule has 3 rings (SSSR count). The maximum Gasteiger partial charge on any atom is 0.308 e. The summed E-state index contributed by atoms with van der Waals surface area (Å²) in [5.41, 5.74) is 0.901. The van der Waals surface area contributed by atoms with E-state index in [1.807, 2.05) is 0 Å². The molecule has 2 N–H and O–H groups in total. The molecule has 1 fully saturated rings. The summed E-state index contributed by atoms with van der Waals surface area (Å²) in [6.45, 7) is 0. The molecular weight excluding hydrogens is 340 g/mol. The third-order valence-corrected chi connectivity index (χ3v) is 5.28. The number of hydrogen-bond donors (Lipinski definition) is 2. The lowest BCUT2D eigenvalue weighted by molar-refractivity contribution is -0.143. The highest BCUT2D eigenvalue weighted by Crippen LogP contribution is 2.25. The highest BCUT2D eigenvalue weighted by molar-refractivity contribution is 7.13. The van der Waals surface area contributed by atoms with Crippen LogP contribution in [-0.2, 0) is 4.79 Å². The molecule has 1 aliphatic rings. The molecule has 132 valence electrons. The first-order chi connectivity index (χ1) is 12.1. The Morgan fingerprint density at radius 2 is 1.96 bits per heavy atom. The number of carboxylic acids is 1. The van der Waals surface area contributed by atoms with Gasteiger partial charge in [0.25, 0.3) is 5.91 Å². The lowest BCUT2D eigenvalue weighted by atomic mass is 9.86. The molecule has 2 atom stereocenters. The molecule has 2 heterocycles. The maximum atomic E-state index is 12.5. The van der Waals surface area contributed by atoms with Gasteiger partial charge in [0, 0.05) is 23.8 Å². The molecule has 25 heavy (non-hydrogen) atoms. The molecule has 0 radical (unpaired) electrons. The van der Waals surface area contributed by atoms with E-state index in [0.717, 1.165) is 25.7 Å². The fourth-order valence-electron chi connectivity index (χ4n) is 3.10. The van der Waals surface area contributed by atoms with E-state index < -0.39 is 11.9 Å². The largest absolute Gasteiger partial charge is 0.481 e. The molecule has 0 bridgehead atoms. The van der Waals surface area contributed by atoms with Gasteiger partial charge in [0.2, 0.25) is 0 Å². The third-order valence-electron chi connectivity index (χ3n) is 4.42. The van der Waals surface area contributed by atoms with Crippen LogP contribution >= 0.6 is 11.3 Å². The molecule has 0 saturated heterocycles. The Hall–Kier alpha value is -2.35. The number of aliphatic carboxylic acids is 1. The number of nitrogens with one attached hydrogen (secondary N) is 1. The second-order valence-electron chi connectivity index (χ2n) is 6.14. The van der Waals surface area contributed by atoms with E-state index in [4.69, 9.17) is 0 Å². The predicted octanol–water partition coefficient (Wildman–Crippen LogP) is 2.75. The predicted molar refractivity (Wildman–Crippen MR) is 93.2 cm³/mol. The molecule has 2 aromatic heterocycles. The minimum absolute atomic E-state index is 0.289. The lowest BCUT2D eigenvalue weighted by Gasteiger charge is -2.26. The first-order valence-electron chi connectivity index (χ1n) is 8.40. The van der Waals surface area contributed by atoms with E-state index in [2.05, 4.69) is 20.3 Å². The molecule has 1 aliphatic carbocycles. The summed E-state index contributed by atoms with van der Waals surface area (Å²) >= 11 is 1.32. The van der Waals surface area contributed by atoms with Gasteiger partial charge in [0.05, 0.1) is 12.1 Å². The van der Waals surface area contributed by atoms with Gasteiger partial charge in [-0.2, -0.15) is 0 Å². The van der Waals surface area contributed by atoms with Crippen LogP contribution in [0.4, 0.5) is 0 Å². The summed E-state index contributed by atoms with van der Waals surface area (Å²) < 4.78 is 0. The highest BCUT2D eigenvalue weighted by Gasteiger charge is 2.30. The maximum absolute atomic E-state index is 12.5. The van der Waals surface area contributed by atoms with Gasteiger partial charge in [-0.3, -0.25) is 19.6 Å². The number of aromatic nitrogens is 3. The minimum atomic E-state index is -0.842. The van der Waals surface area contributed by atoms with Crippen LogP contribution in [-0.4, -0.2) is 38.0 Å². The number of rotatable bonds is 4. The zero-order valence-electron chi connectivity index (χ0n) is 13.7. The fourth-order valence-corrected chi connectivity index (χ4v) is 3.86. The molecule has 2 aromatic rings. The second-order valence-corrected chi connectivity index (χ2v) is 7.00. The van der Waals surface area contributed by atoms with Gasteiger partial charge in [0.1, 0.15) is 16.4 Å². The number of carbonyl (C=O) groups is 2. The molecule has 1 amide bonds. The molecular formula is C17H20N4O3S. The SMILES string of the molecule is O=C(NC1CCCCCCC1C(=O)O)c1csc(-c2cnccn2)n1. The summed E-state index contributed by atoms with van der Waals surface area (Å²) in [5.74, 6) is -1.71. The Morgan fingerprint density at radius 1 is 1.16 bits per heavy atom. The Kier molecular flexibility index (Phi) is 5.70. The average Bonchev–Trinajstić information content (AvgIpc) is 3.08. The Labute approximate surface area is 149 Å². The van der Waals surface area contributed by atoms with Gasteiger partial charge in [-0.25, -0.2) is 4.98 Å². The number of carboxylic acid groups (broad SMARTS) is 1. The van der Waals surface area contributed by atoms with E-state index in [1.165, 1.54) is 11.3 Å². The van der Waals surface area contributed by atoms with Crippen molar-refractivity contribution in [3.63, 3.8) is 0 Å². The Morgan fingerprint density at radius 3 is 2.68 bits per heavy atom. The highest BCUT2D eigenvalue weighted by atomic mass is 32.1. The summed E-state index contributed by atoms with van der Waals surface area (Å²) in [6, 6.07) is -0.355. The Bertz CT molecular complexity index is 735. The lowest BCUT2D eigenvalue weighted by Crippen LogP contribution is -2.44. The number of thiazole rings is 1. The Balaban J connectivity index is 1.72. The normalized spacial score (nSPS) is 21.1. The van der Waals surface area contributed by atoms with Crippen molar-refractivity contribution in [2.45, 2.75) is 44.6 Å². The molecule has 7 nitrogen and oxygen atoms in total. The van der Waals surface area contributed by atoms with E-state index >= 15 is 0 Å². The second kappa shape index (κ2) is 8.15. The first-order valence-corrected chi connectivity index (χ1v) is 9.28. The standard InChI is InChI=1S/C17H20N4O3S/c22-15(14-10-25-16(21-14)13-9-18-7-8-19-13)20-12-6-4-2-1-3-5-11(12)17(23)24/h7-12H,1-6H2,(H,20,22)(H,23,24). The van der Waals surface area contributed by atoms with Crippen LogP contribution in [0.15, 0.2) is 24.0 Å². The van der Waals surface area contributed by atoms with Gasteiger partial charge in [-0.1, -0.05) is 25.7 Å². The zero-order chi connectivity index (χ0) is 17.6. The van der Waals surface area contributed by atoms with E-state index in [-0.39, 0.29) is 17.6 Å². The van der Waals surface area contributed by atoms with Gasteiger partial charge < -0.3 is 10.4 Å². The van der Waals surface area contributed by atoms with Crippen LogP contribution in [0.1, 0.15) is 49.0 Å². The van der Waals surface area contributed by atoms with Crippen molar-refractivity contribution in [3.05, 3.63) is 29.7 Å². The van der Waals surface area contributed by atoms with E-state index in [9.17, 15) is 14.7 Å².